The van der Waals surface area contributed by atoms with Gasteiger partial charge in [0, 0.05) is 17.8 Å². The number of Topliss-reactive ketones (excluding diaryl/α,β-unsaturated/α-hetero) is 1. The van der Waals surface area contributed by atoms with E-state index in [1.165, 1.54) is 11.1 Å². The standard InChI is InChI=1S/C23H24N4O/c1-3-16-9-13-17(14-10-16)24-22-21-19(5-4-6-20(21)28)26-23(27-22)25-18-11-7-15(2)8-12-18/h7-14H,3-6H2,1-2H3,(H2,24,25,26,27). The number of aromatic nitrogens is 2. The second-order valence-electron chi connectivity index (χ2n) is 7.16. The van der Waals surface area contributed by atoms with Gasteiger partial charge in [0.25, 0.3) is 0 Å². The van der Waals surface area contributed by atoms with Crippen molar-refractivity contribution in [3.63, 3.8) is 0 Å². The third-order valence-electron chi connectivity index (χ3n) is 5.01. The number of anilines is 4. The van der Waals surface area contributed by atoms with Gasteiger partial charge >= 0.3 is 0 Å². The molecule has 0 unspecified atom stereocenters. The fourth-order valence-corrected chi connectivity index (χ4v) is 3.40. The summed E-state index contributed by atoms with van der Waals surface area (Å²) in [4.78, 5) is 21.8. The average Bonchev–Trinajstić information content (AvgIpc) is 2.70. The number of carbonyl (C=O) groups excluding carboxylic acids is 1. The van der Waals surface area contributed by atoms with Crippen LogP contribution >= 0.6 is 0 Å². The van der Waals surface area contributed by atoms with E-state index in [-0.39, 0.29) is 5.78 Å². The lowest BCUT2D eigenvalue weighted by Crippen LogP contribution is -2.17. The van der Waals surface area contributed by atoms with Gasteiger partial charge in [-0.25, -0.2) is 4.98 Å². The lowest BCUT2D eigenvalue weighted by Gasteiger charge is -2.19. The summed E-state index contributed by atoms with van der Waals surface area (Å²) in [6, 6.07) is 16.3. The highest BCUT2D eigenvalue weighted by Gasteiger charge is 2.24. The van der Waals surface area contributed by atoms with Gasteiger partial charge in [0.1, 0.15) is 5.82 Å². The van der Waals surface area contributed by atoms with Crippen molar-refractivity contribution >= 4 is 28.9 Å². The van der Waals surface area contributed by atoms with Gasteiger partial charge in [-0.1, -0.05) is 36.8 Å². The van der Waals surface area contributed by atoms with Gasteiger partial charge in [-0.05, 0) is 56.0 Å². The van der Waals surface area contributed by atoms with E-state index in [1.54, 1.807) is 0 Å². The molecule has 5 heteroatoms. The summed E-state index contributed by atoms with van der Waals surface area (Å²) in [7, 11) is 0. The average molecular weight is 372 g/mol. The molecule has 0 fully saturated rings. The van der Waals surface area contributed by atoms with Gasteiger partial charge in [-0.3, -0.25) is 4.79 Å². The highest BCUT2D eigenvalue weighted by Crippen LogP contribution is 2.30. The van der Waals surface area contributed by atoms with E-state index >= 15 is 0 Å². The van der Waals surface area contributed by atoms with Crippen LogP contribution in [0.3, 0.4) is 0 Å². The Morgan fingerprint density at radius 3 is 2.29 bits per heavy atom. The molecule has 2 aromatic carbocycles. The van der Waals surface area contributed by atoms with Crippen LogP contribution in [0.4, 0.5) is 23.1 Å². The van der Waals surface area contributed by atoms with Gasteiger partial charge in [0.15, 0.2) is 5.78 Å². The largest absolute Gasteiger partial charge is 0.339 e. The van der Waals surface area contributed by atoms with Crippen molar-refractivity contribution in [2.75, 3.05) is 10.6 Å². The molecule has 142 valence electrons. The molecule has 0 bridgehead atoms. The van der Waals surface area contributed by atoms with E-state index in [9.17, 15) is 4.79 Å². The second-order valence-corrected chi connectivity index (χ2v) is 7.16. The van der Waals surface area contributed by atoms with Crippen LogP contribution in [0, 0.1) is 6.92 Å². The maximum atomic E-state index is 12.6. The Kier molecular flexibility index (Phi) is 5.06. The van der Waals surface area contributed by atoms with Gasteiger partial charge in [0.05, 0.1) is 11.3 Å². The summed E-state index contributed by atoms with van der Waals surface area (Å²) >= 11 is 0. The van der Waals surface area contributed by atoms with Gasteiger partial charge in [-0.2, -0.15) is 4.98 Å². The summed E-state index contributed by atoms with van der Waals surface area (Å²) in [5, 5.41) is 6.60. The molecule has 0 spiro atoms. The highest BCUT2D eigenvalue weighted by atomic mass is 16.1. The van der Waals surface area contributed by atoms with Crippen molar-refractivity contribution in [3.8, 4) is 0 Å². The highest BCUT2D eigenvalue weighted by molar-refractivity contribution is 6.03. The third kappa shape index (κ3) is 3.88. The Balaban J connectivity index is 1.69. The molecule has 1 aliphatic rings. The minimum absolute atomic E-state index is 0.107. The molecule has 1 aromatic heterocycles. The topological polar surface area (TPSA) is 66.9 Å². The molecule has 4 rings (SSSR count). The summed E-state index contributed by atoms with van der Waals surface area (Å²) < 4.78 is 0. The van der Waals surface area contributed by atoms with E-state index in [2.05, 4.69) is 46.6 Å². The Hall–Kier alpha value is -3.21. The number of nitrogens with one attached hydrogen (secondary N) is 2. The first-order valence-corrected chi connectivity index (χ1v) is 9.76. The molecule has 0 saturated heterocycles. The van der Waals surface area contributed by atoms with Crippen LogP contribution in [0.5, 0.6) is 0 Å². The molecule has 2 N–H and O–H groups in total. The number of carbonyl (C=O) groups is 1. The summed E-state index contributed by atoms with van der Waals surface area (Å²) in [6.07, 6.45) is 3.16. The zero-order valence-corrected chi connectivity index (χ0v) is 16.2. The maximum absolute atomic E-state index is 12.6. The number of rotatable bonds is 5. The molecule has 0 atom stereocenters. The summed E-state index contributed by atoms with van der Waals surface area (Å²) in [5.41, 5.74) is 5.74. The first kappa shape index (κ1) is 18.2. The number of aryl methyl sites for hydroxylation is 3. The van der Waals surface area contributed by atoms with E-state index in [4.69, 9.17) is 0 Å². The Labute approximate surface area is 165 Å². The predicted molar refractivity (Wildman–Crippen MR) is 113 cm³/mol. The van der Waals surface area contributed by atoms with E-state index in [1.807, 2.05) is 36.4 Å². The van der Waals surface area contributed by atoms with Crippen LogP contribution in [0.25, 0.3) is 0 Å². The van der Waals surface area contributed by atoms with Crippen LogP contribution in [0.2, 0.25) is 0 Å². The summed E-state index contributed by atoms with van der Waals surface area (Å²) in [6.45, 7) is 4.18. The molecule has 1 aliphatic carbocycles. The molecule has 0 saturated carbocycles. The molecule has 3 aromatic rings. The van der Waals surface area contributed by atoms with Crippen molar-refractivity contribution in [3.05, 3.63) is 70.9 Å². The van der Waals surface area contributed by atoms with E-state index < -0.39 is 0 Å². The SMILES string of the molecule is CCc1ccc(Nc2nc(Nc3ccc(C)cc3)nc3c2C(=O)CCC3)cc1. The number of nitrogens with zero attached hydrogens (tertiary/aromatic N) is 2. The number of hydrogen-bond donors (Lipinski definition) is 2. The molecule has 0 aliphatic heterocycles. The predicted octanol–water partition coefficient (Wildman–Crippen LogP) is 5.35. The van der Waals surface area contributed by atoms with Gasteiger partial charge in [0.2, 0.25) is 5.95 Å². The molecular weight excluding hydrogens is 348 g/mol. The number of benzene rings is 2. The maximum Gasteiger partial charge on any atom is 0.229 e. The smallest absolute Gasteiger partial charge is 0.229 e. The van der Waals surface area contributed by atoms with Crippen molar-refractivity contribution in [1.82, 2.24) is 9.97 Å². The van der Waals surface area contributed by atoms with Crippen LogP contribution in [0.1, 0.15) is 46.9 Å². The monoisotopic (exact) mass is 372 g/mol. The Morgan fingerprint density at radius 2 is 1.57 bits per heavy atom. The summed E-state index contributed by atoms with van der Waals surface area (Å²) in [5.74, 6) is 1.19. The molecule has 28 heavy (non-hydrogen) atoms. The Morgan fingerprint density at radius 1 is 0.893 bits per heavy atom. The second kappa shape index (κ2) is 7.80. The Bertz CT molecular complexity index is 994. The van der Waals surface area contributed by atoms with Crippen molar-refractivity contribution in [1.29, 1.82) is 0 Å². The first-order valence-electron chi connectivity index (χ1n) is 9.76. The molecule has 1 heterocycles. The van der Waals surface area contributed by atoms with Crippen LogP contribution in [0.15, 0.2) is 48.5 Å². The van der Waals surface area contributed by atoms with Crippen LogP contribution in [-0.2, 0) is 12.8 Å². The van der Waals surface area contributed by atoms with E-state index in [0.29, 0.717) is 23.8 Å². The van der Waals surface area contributed by atoms with Crippen molar-refractivity contribution in [2.45, 2.75) is 39.5 Å². The zero-order chi connectivity index (χ0) is 19.5. The quantitative estimate of drug-likeness (QED) is 0.632. The van der Waals surface area contributed by atoms with Crippen LogP contribution in [-0.4, -0.2) is 15.8 Å². The molecule has 5 nitrogen and oxygen atoms in total. The fraction of sp³-hybridized carbons (Fsp3) is 0.261. The third-order valence-corrected chi connectivity index (χ3v) is 5.01. The number of hydrogen-bond acceptors (Lipinski definition) is 5. The number of ketones is 1. The first-order chi connectivity index (χ1) is 13.6. The fourth-order valence-electron chi connectivity index (χ4n) is 3.40. The van der Waals surface area contributed by atoms with Gasteiger partial charge in [-0.15, -0.1) is 0 Å². The minimum Gasteiger partial charge on any atom is -0.339 e. The molecule has 0 amide bonds. The zero-order valence-electron chi connectivity index (χ0n) is 16.2. The molecule has 0 radical (unpaired) electrons. The lowest BCUT2D eigenvalue weighted by atomic mass is 9.95. The minimum atomic E-state index is 0.107. The van der Waals surface area contributed by atoms with Crippen molar-refractivity contribution < 1.29 is 4.79 Å². The number of fused-ring (bicyclic) bond motifs is 1. The molecular formula is C23H24N4O. The van der Waals surface area contributed by atoms with E-state index in [0.717, 1.165) is 36.3 Å². The lowest BCUT2D eigenvalue weighted by molar-refractivity contribution is 0.0972. The van der Waals surface area contributed by atoms with Crippen LogP contribution < -0.4 is 10.6 Å². The normalized spacial score (nSPS) is 13.1. The van der Waals surface area contributed by atoms with Gasteiger partial charge < -0.3 is 10.6 Å². The van der Waals surface area contributed by atoms with Crippen molar-refractivity contribution in [2.24, 2.45) is 0 Å².